The zero-order valence-corrected chi connectivity index (χ0v) is 19.7. The number of hydrazone groups is 1. The molecule has 1 aliphatic rings. The van der Waals surface area contributed by atoms with Crippen LogP contribution in [-0.2, 0) is 6.42 Å². The fraction of sp³-hybridized carbons (Fsp3) is 0.154. The first kappa shape index (κ1) is 23.7. The smallest absolute Gasteiger partial charge is 0.301 e. The van der Waals surface area contributed by atoms with E-state index in [-0.39, 0.29) is 17.4 Å². The van der Waals surface area contributed by atoms with E-state index in [2.05, 4.69) is 15.8 Å². The van der Waals surface area contributed by atoms with Crippen molar-refractivity contribution in [1.29, 1.82) is 0 Å². The van der Waals surface area contributed by atoms with E-state index in [0.717, 1.165) is 16.8 Å². The van der Waals surface area contributed by atoms with Crippen molar-refractivity contribution < 1.29 is 19.1 Å². The monoisotopic (exact) mass is 499 g/mol. The van der Waals surface area contributed by atoms with Crippen molar-refractivity contribution in [2.45, 2.75) is 26.2 Å². The molecule has 0 aliphatic heterocycles. The fourth-order valence-electron chi connectivity index (χ4n) is 4.52. The number of fused-ring (bicyclic) bond motifs is 2. The third kappa shape index (κ3) is 4.49. The number of furan rings is 1. The fourth-order valence-corrected chi connectivity index (χ4v) is 4.52. The van der Waals surface area contributed by atoms with Gasteiger partial charge in [0.2, 0.25) is 0 Å². The second kappa shape index (κ2) is 9.53. The first-order valence-electron chi connectivity index (χ1n) is 11.5. The molecule has 1 aliphatic carbocycles. The minimum Gasteiger partial charge on any atom is -0.455 e. The van der Waals surface area contributed by atoms with Crippen LogP contribution in [0.5, 0.6) is 0 Å². The summed E-state index contributed by atoms with van der Waals surface area (Å²) in [5, 5.41) is 31.7. The number of carbonyl (C=O) groups is 1. The Morgan fingerprint density at radius 1 is 0.973 bits per heavy atom. The minimum atomic E-state index is -0.708. The standard InChI is InChI=1S/C26H21N5O6/c1-15-24-21(29-28-20-13-12-17(30(33)34)14-22(20)31(35)36)10-5-11-23(24)37-25(15)26(32)27-19-9-4-7-16-6-2-3-8-18(16)19/h2-4,6-9,12-14,28H,5,10-11H2,1H3,(H,27,32)/b29-21+. The second-order valence-corrected chi connectivity index (χ2v) is 8.57. The highest BCUT2D eigenvalue weighted by atomic mass is 16.6. The number of carbonyl (C=O) groups excluding carboxylic acids is 1. The lowest BCUT2D eigenvalue weighted by Gasteiger charge is -2.14. The van der Waals surface area contributed by atoms with Crippen molar-refractivity contribution in [3.63, 3.8) is 0 Å². The SMILES string of the molecule is Cc1c(C(=O)Nc2cccc3ccccc23)oc2c1/C(=N/Nc1ccc([N+](=O)[O-])cc1[N+](=O)[O-])CCC2. The average molecular weight is 499 g/mol. The zero-order valence-electron chi connectivity index (χ0n) is 19.7. The summed E-state index contributed by atoms with van der Waals surface area (Å²) in [6.07, 6.45) is 1.90. The van der Waals surface area contributed by atoms with Crippen molar-refractivity contribution in [3.05, 3.63) is 104 Å². The molecule has 0 fully saturated rings. The summed E-state index contributed by atoms with van der Waals surface area (Å²) in [7, 11) is 0. The number of amides is 1. The highest BCUT2D eigenvalue weighted by molar-refractivity contribution is 6.11. The molecule has 0 radical (unpaired) electrons. The van der Waals surface area contributed by atoms with Gasteiger partial charge in [0, 0.05) is 34.7 Å². The molecular weight excluding hydrogens is 478 g/mol. The molecule has 186 valence electrons. The van der Waals surface area contributed by atoms with Gasteiger partial charge in [0.05, 0.1) is 21.6 Å². The topological polar surface area (TPSA) is 153 Å². The molecule has 11 nitrogen and oxygen atoms in total. The van der Waals surface area contributed by atoms with Crippen LogP contribution in [0.25, 0.3) is 10.8 Å². The molecule has 0 spiro atoms. The van der Waals surface area contributed by atoms with Crippen molar-refractivity contribution in [2.24, 2.45) is 5.10 Å². The van der Waals surface area contributed by atoms with Crippen LogP contribution in [0.1, 0.15) is 40.3 Å². The molecule has 1 aromatic heterocycles. The van der Waals surface area contributed by atoms with Gasteiger partial charge in [0.1, 0.15) is 11.4 Å². The van der Waals surface area contributed by atoms with Gasteiger partial charge in [-0.2, -0.15) is 5.10 Å². The molecular formula is C26H21N5O6. The summed E-state index contributed by atoms with van der Waals surface area (Å²) in [5.41, 5.74) is 4.39. The predicted molar refractivity (Wildman–Crippen MR) is 138 cm³/mol. The number of hydrogen-bond acceptors (Lipinski definition) is 8. The van der Waals surface area contributed by atoms with Gasteiger partial charge in [-0.15, -0.1) is 0 Å². The van der Waals surface area contributed by atoms with E-state index in [1.807, 2.05) is 42.5 Å². The van der Waals surface area contributed by atoms with Gasteiger partial charge in [-0.25, -0.2) is 0 Å². The molecule has 0 atom stereocenters. The molecule has 0 unspecified atom stereocenters. The average Bonchev–Trinajstić information content (AvgIpc) is 3.24. The number of rotatable bonds is 6. The normalized spacial score (nSPS) is 13.8. The molecule has 1 heterocycles. The van der Waals surface area contributed by atoms with Gasteiger partial charge < -0.3 is 9.73 Å². The number of benzene rings is 3. The van der Waals surface area contributed by atoms with E-state index >= 15 is 0 Å². The third-order valence-corrected chi connectivity index (χ3v) is 6.27. The number of nitro groups is 2. The van der Waals surface area contributed by atoms with Crippen LogP contribution in [-0.4, -0.2) is 21.5 Å². The van der Waals surface area contributed by atoms with Crippen LogP contribution >= 0.6 is 0 Å². The highest BCUT2D eigenvalue weighted by Gasteiger charge is 2.28. The number of nitro benzene ring substituents is 2. The highest BCUT2D eigenvalue weighted by Crippen LogP contribution is 2.33. The summed E-state index contributed by atoms with van der Waals surface area (Å²) in [5.74, 6) is 0.404. The van der Waals surface area contributed by atoms with Crippen LogP contribution in [0.4, 0.5) is 22.7 Å². The lowest BCUT2D eigenvalue weighted by atomic mass is 9.93. The van der Waals surface area contributed by atoms with Gasteiger partial charge in [-0.1, -0.05) is 36.4 Å². The third-order valence-electron chi connectivity index (χ3n) is 6.27. The summed E-state index contributed by atoms with van der Waals surface area (Å²) in [6.45, 7) is 1.77. The van der Waals surface area contributed by atoms with Crippen LogP contribution in [0.3, 0.4) is 0 Å². The molecule has 0 bridgehead atoms. The Morgan fingerprint density at radius 2 is 1.76 bits per heavy atom. The number of non-ortho nitro benzene ring substituents is 1. The number of aryl methyl sites for hydroxylation is 1. The summed E-state index contributed by atoms with van der Waals surface area (Å²) in [4.78, 5) is 34.2. The Kier molecular flexibility index (Phi) is 6.10. The van der Waals surface area contributed by atoms with Crippen LogP contribution in [0, 0.1) is 27.2 Å². The molecule has 4 aromatic rings. The number of nitrogens with zero attached hydrogens (tertiary/aromatic N) is 3. The maximum atomic E-state index is 13.2. The minimum absolute atomic E-state index is 0.0188. The van der Waals surface area contributed by atoms with E-state index in [1.54, 1.807) is 6.92 Å². The van der Waals surface area contributed by atoms with Crippen molar-refractivity contribution in [2.75, 3.05) is 10.7 Å². The van der Waals surface area contributed by atoms with Gasteiger partial charge in [-0.3, -0.25) is 30.4 Å². The predicted octanol–water partition coefficient (Wildman–Crippen LogP) is 5.96. The Morgan fingerprint density at radius 3 is 2.54 bits per heavy atom. The molecule has 37 heavy (non-hydrogen) atoms. The molecule has 1 amide bonds. The van der Waals surface area contributed by atoms with Gasteiger partial charge in [0.25, 0.3) is 11.6 Å². The van der Waals surface area contributed by atoms with E-state index in [9.17, 15) is 25.0 Å². The molecule has 2 N–H and O–H groups in total. The van der Waals surface area contributed by atoms with Gasteiger partial charge in [-0.05, 0) is 37.3 Å². The Bertz CT molecular complexity index is 1600. The Hall–Kier alpha value is -5.06. The van der Waals surface area contributed by atoms with Gasteiger partial charge in [0.15, 0.2) is 5.76 Å². The molecule has 11 heteroatoms. The van der Waals surface area contributed by atoms with Crippen molar-refractivity contribution in [1.82, 2.24) is 0 Å². The van der Waals surface area contributed by atoms with Crippen molar-refractivity contribution >= 4 is 45.1 Å². The Balaban J connectivity index is 1.44. The second-order valence-electron chi connectivity index (χ2n) is 8.57. The maximum absolute atomic E-state index is 13.2. The van der Waals surface area contributed by atoms with E-state index in [4.69, 9.17) is 4.42 Å². The van der Waals surface area contributed by atoms with E-state index in [1.165, 1.54) is 12.1 Å². The van der Waals surface area contributed by atoms with Crippen LogP contribution in [0.15, 0.2) is 70.2 Å². The summed E-state index contributed by atoms with van der Waals surface area (Å²) in [6, 6.07) is 16.7. The van der Waals surface area contributed by atoms with Crippen LogP contribution < -0.4 is 10.7 Å². The van der Waals surface area contributed by atoms with E-state index < -0.39 is 21.2 Å². The van der Waals surface area contributed by atoms with Crippen molar-refractivity contribution in [3.8, 4) is 0 Å². The lowest BCUT2D eigenvalue weighted by molar-refractivity contribution is -0.393. The summed E-state index contributed by atoms with van der Waals surface area (Å²) < 4.78 is 5.97. The number of hydrogen-bond donors (Lipinski definition) is 2. The summed E-state index contributed by atoms with van der Waals surface area (Å²) >= 11 is 0. The maximum Gasteiger partial charge on any atom is 0.301 e. The van der Waals surface area contributed by atoms with Gasteiger partial charge >= 0.3 is 5.69 Å². The van der Waals surface area contributed by atoms with E-state index in [0.29, 0.717) is 47.5 Å². The number of anilines is 2. The molecule has 0 saturated carbocycles. The Labute approximate surface area is 210 Å². The zero-order chi connectivity index (χ0) is 26.1. The quantitative estimate of drug-likeness (QED) is 0.245. The molecule has 3 aromatic carbocycles. The lowest BCUT2D eigenvalue weighted by Crippen LogP contribution is -2.14. The molecule has 5 rings (SSSR count). The first-order chi connectivity index (χ1) is 17.8. The van der Waals surface area contributed by atoms with Crippen LogP contribution in [0.2, 0.25) is 0 Å². The molecule has 0 saturated heterocycles. The number of nitrogens with one attached hydrogen (secondary N) is 2. The first-order valence-corrected chi connectivity index (χ1v) is 11.5. The largest absolute Gasteiger partial charge is 0.455 e.